The molecule has 0 unspecified atom stereocenters. The fourth-order valence-corrected chi connectivity index (χ4v) is 2.82. The number of nitrogens with one attached hydrogen (secondary N) is 1. The fraction of sp³-hybridized carbons (Fsp3) is 0.583. The summed E-state index contributed by atoms with van der Waals surface area (Å²) in [5.41, 5.74) is 4.21. The molecule has 1 saturated heterocycles. The van der Waals surface area contributed by atoms with E-state index in [1.54, 1.807) is 6.92 Å². The molecule has 2 aromatic heterocycles. The van der Waals surface area contributed by atoms with Crippen molar-refractivity contribution < 1.29 is 20.1 Å². The van der Waals surface area contributed by atoms with Crippen molar-refractivity contribution in [1.29, 1.82) is 0 Å². The van der Waals surface area contributed by atoms with Crippen molar-refractivity contribution in [2.75, 3.05) is 12.3 Å². The number of aromatic amines is 1. The van der Waals surface area contributed by atoms with Crippen molar-refractivity contribution in [3.63, 3.8) is 0 Å². The van der Waals surface area contributed by atoms with Crippen LogP contribution in [0.25, 0.3) is 11.2 Å². The highest BCUT2D eigenvalue weighted by molar-refractivity contribution is 5.71. The number of H-pyrrole nitrogens is 1. The minimum absolute atomic E-state index is 0.00978. The van der Waals surface area contributed by atoms with Gasteiger partial charge in [0.1, 0.15) is 18.3 Å². The Bertz CT molecular complexity index is 854. The van der Waals surface area contributed by atoms with Crippen LogP contribution in [0.1, 0.15) is 13.2 Å². The summed E-state index contributed by atoms with van der Waals surface area (Å²) in [6.07, 6.45) is -5.20. The summed E-state index contributed by atoms with van der Waals surface area (Å²) in [7, 11) is 0. The number of aliphatic hydroxyl groups excluding tert-OH is 3. The van der Waals surface area contributed by atoms with Gasteiger partial charge in [-0.25, -0.2) is 9.36 Å². The molecule has 1 aliphatic heterocycles. The van der Waals surface area contributed by atoms with E-state index in [9.17, 15) is 19.8 Å². The van der Waals surface area contributed by atoms with Gasteiger partial charge in [0.15, 0.2) is 17.4 Å². The van der Waals surface area contributed by atoms with Crippen molar-refractivity contribution in [1.82, 2.24) is 19.1 Å². The lowest BCUT2D eigenvalue weighted by Crippen LogP contribution is -2.36. The Balaban J connectivity index is 2.28. The molecule has 0 aliphatic carbocycles. The molecule has 11 nitrogen and oxygen atoms in total. The molecule has 11 heteroatoms. The third kappa shape index (κ3) is 2.16. The molecule has 23 heavy (non-hydrogen) atoms. The second kappa shape index (κ2) is 5.45. The monoisotopic (exact) mass is 327 g/mol. The van der Waals surface area contributed by atoms with E-state index in [0.29, 0.717) is 0 Å². The highest BCUT2D eigenvalue weighted by atomic mass is 16.6. The SMILES string of the molecule is CCn1c(=O)n([C@@H]2O[C@H](CO)[C@H](O)[C@H]2O)c2nc(N)[nH]c(=O)c21. The second-order valence-electron chi connectivity index (χ2n) is 5.25. The van der Waals surface area contributed by atoms with Crippen molar-refractivity contribution in [3.05, 3.63) is 20.8 Å². The summed E-state index contributed by atoms with van der Waals surface area (Å²) < 4.78 is 7.48. The van der Waals surface area contributed by atoms with Crippen LogP contribution in [0.3, 0.4) is 0 Å². The Kier molecular flexibility index (Phi) is 3.72. The lowest BCUT2D eigenvalue weighted by molar-refractivity contribution is -0.0527. The number of nitrogens with two attached hydrogens (primary N) is 1. The van der Waals surface area contributed by atoms with Gasteiger partial charge in [0.05, 0.1) is 6.61 Å². The molecular formula is C12H17N5O6. The van der Waals surface area contributed by atoms with Gasteiger partial charge in [0.2, 0.25) is 5.95 Å². The van der Waals surface area contributed by atoms with Crippen LogP contribution in [-0.4, -0.2) is 59.3 Å². The van der Waals surface area contributed by atoms with Gasteiger partial charge in [-0.15, -0.1) is 0 Å². The molecule has 0 saturated carbocycles. The first-order valence-electron chi connectivity index (χ1n) is 7.03. The molecule has 2 aromatic rings. The van der Waals surface area contributed by atoms with E-state index < -0.39 is 42.4 Å². The van der Waals surface area contributed by atoms with Crippen LogP contribution >= 0.6 is 0 Å². The quantitative estimate of drug-likeness (QED) is 0.400. The molecule has 126 valence electrons. The topological polar surface area (TPSA) is 169 Å². The number of anilines is 1. The maximum Gasteiger partial charge on any atom is 0.332 e. The van der Waals surface area contributed by atoms with Crippen LogP contribution in [0, 0.1) is 0 Å². The third-order valence-corrected chi connectivity index (χ3v) is 3.92. The zero-order valence-electron chi connectivity index (χ0n) is 12.2. The Hall–Kier alpha value is -2.21. The number of rotatable bonds is 3. The van der Waals surface area contributed by atoms with E-state index in [0.717, 1.165) is 9.13 Å². The van der Waals surface area contributed by atoms with E-state index in [4.69, 9.17) is 15.6 Å². The molecule has 1 aliphatic rings. The molecule has 4 atom stereocenters. The number of hydrogen-bond donors (Lipinski definition) is 5. The zero-order chi connectivity index (χ0) is 16.9. The number of aliphatic hydroxyl groups is 3. The molecule has 0 radical (unpaired) electrons. The number of nitrogen functional groups attached to an aromatic ring is 1. The Morgan fingerprint density at radius 3 is 2.61 bits per heavy atom. The minimum Gasteiger partial charge on any atom is -0.394 e. The highest BCUT2D eigenvalue weighted by Crippen LogP contribution is 2.30. The van der Waals surface area contributed by atoms with Gasteiger partial charge in [0.25, 0.3) is 5.56 Å². The van der Waals surface area contributed by atoms with E-state index >= 15 is 0 Å². The summed E-state index contributed by atoms with van der Waals surface area (Å²) in [5, 5.41) is 29.1. The fourth-order valence-electron chi connectivity index (χ4n) is 2.82. The highest BCUT2D eigenvalue weighted by Gasteiger charge is 2.45. The number of aromatic nitrogens is 4. The Morgan fingerprint density at radius 1 is 1.35 bits per heavy atom. The van der Waals surface area contributed by atoms with Crippen LogP contribution in [0.2, 0.25) is 0 Å². The lowest BCUT2D eigenvalue weighted by atomic mass is 10.1. The number of hydrogen-bond acceptors (Lipinski definition) is 8. The first kappa shape index (κ1) is 15.7. The van der Waals surface area contributed by atoms with E-state index in [2.05, 4.69) is 9.97 Å². The molecular weight excluding hydrogens is 310 g/mol. The van der Waals surface area contributed by atoms with Gasteiger partial charge in [-0.3, -0.25) is 14.3 Å². The van der Waals surface area contributed by atoms with Crippen LogP contribution in [0.4, 0.5) is 5.95 Å². The minimum atomic E-state index is -1.47. The van der Waals surface area contributed by atoms with Crippen LogP contribution in [0.15, 0.2) is 9.59 Å². The summed E-state index contributed by atoms with van der Waals surface area (Å²) in [4.78, 5) is 30.9. The molecule has 6 N–H and O–H groups in total. The average Bonchev–Trinajstić information content (AvgIpc) is 2.94. The van der Waals surface area contributed by atoms with Crippen molar-refractivity contribution in [3.8, 4) is 0 Å². The van der Waals surface area contributed by atoms with Crippen LogP contribution in [0.5, 0.6) is 0 Å². The average molecular weight is 327 g/mol. The van der Waals surface area contributed by atoms with Gasteiger partial charge in [0, 0.05) is 6.54 Å². The van der Waals surface area contributed by atoms with Gasteiger partial charge in [-0.05, 0) is 6.92 Å². The number of imidazole rings is 1. The molecule has 1 fully saturated rings. The third-order valence-electron chi connectivity index (χ3n) is 3.92. The number of aryl methyl sites for hydroxylation is 1. The number of ether oxygens (including phenoxy) is 1. The second-order valence-corrected chi connectivity index (χ2v) is 5.25. The van der Waals surface area contributed by atoms with Gasteiger partial charge >= 0.3 is 5.69 Å². The predicted octanol–water partition coefficient (Wildman–Crippen LogP) is -2.90. The largest absolute Gasteiger partial charge is 0.394 e. The zero-order valence-corrected chi connectivity index (χ0v) is 12.2. The smallest absolute Gasteiger partial charge is 0.332 e. The van der Waals surface area contributed by atoms with Crippen LogP contribution in [-0.2, 0) is 11.3 Å². The molecule has 0 spiro atoms. The standard InChI is InChI=1S/C12H17N5O6/c1-2-16-5-8(14-11(13)15-9(5)21)17(12(16)22)10-7(20)6(19)4(3-18)23-10/h4,6-7,10,18-20H,2-3H2,1H3,(H3,13,14,15,21)/t4-,6+,7-,10-/m1/s1. The van der Waals surface area contributed by atoms with E-state index in [1.807, 2.05) is 0 Å². The van der Waals surface area contributed by atoms with Crippen molar-refractivity contribution in [2.45, 2.75) is 38.0 Å². The molecule has 0 amide bonds. The van der Waals surface area contributed by atoms with Gasteiger partial charge in [-0.1, -0.05) is 0 Å². The van der Waals surface area contributed by atoms with E-state index in [1.165, 1.54) is 0 Å². The first-order valence-corrected chi connectivity index (χ1v) is 7.03. The summed E-state index contributed by atoms with van der Waals surface area (Å²) in [6.45, 7) is 1.32. The summed E-state index contributed by atoms with van der Waals surface area (Å²) in [5.74, 6) is -0.198. The Labute approximate surface area is 128 Å². The summed E-state index contributed by atoms with van der Waals surface area (Å²) in [6, 6.07) is 0. The van der Waals surface area contributed by atoms with E-state index in [-0.39, 0.29) is 23.7 Å². The molecule has 3 rings (SSSR count). The summed E-state index contributed by atoms with van der Waals surface area (Å²) >= 11 is 0. The Morgan fingerprint density at radius 2 is 2.04 bits per heavy atom. The number of nitrogens with zero attached hydrogens (tertiary/aromatic N) is 3. The first-order chi connectivity index (χ1) is 10.9. The predicted molar refractivity (Wildman–Crippen MR) is 77.7 cm³/mol. The number of fused-ring (bicyclic) bond motifs is 1. The molecule has 0 bridgehead atoms. The van der Waals surface area contributed by atoms with Gasteiger partial charge in [-0.2, -0.15) is 4.98 Å². The lowest BCUT2D eigenvalue weighted by Gasteiger charge is -2.15. The van der Waals surface area contributed by atoms with Gasteiger partial charge < -0.3 is 25.8 Å². The van der Waals surface area contributed by atoms with Crippen molar-refractivity contribution in [2.24, 2.45) is 0 Å². The normalized spacial score (nSPS) is 27.8. The molecule has 0 aromatic carbocycles. The van der Waals surface area contributed by atoms with Crippen molar-refractivity contribution >= 4 is 17.1 Å². The molecule has 3 heterocycles. The maximum atomic E-state index is 12.6. The van der Waals surface area contributed by atoms with Crippen LogP contribution < -0.4 is 17.0 Å². The maximum absolute atomic E-state index is 12.6.